The van der Waals surface area contributed by atoms with Crippen molar-refractivity contribution in [2.24, 2.45) is 0 Å². The summed E-state index contributed by atoms with van der Waals surface area (Å²) in [4.78, 5) is 0. The highest BCUT2D eigenvalue weighted by atomic mass is 19.4. The quantitative estimate of drug-likeness (QED) is 0.876. The van der Waals surface area contributed by atoms with E-state index in [2.05, 4.69) is 16.6 Å². The molecule has 0 saturated carbocycles. The van der Waals surface area contributed by atoms with Crippen molar-refractivity contribution < 1.29 is 27.8 Å². The molecular weight excluding hydrogens is 309 g/mol. The lowest BCUT2D eigenvalue weighted by Gasteiger charge is -2.14. The zero-order valence-electron chi connectivity index (χ0n) is 12.1. The van der Waals surface area contributed by atoms with Crippen molar-refractivity contribution in [1.82, 2.24) is 0 Å². The molecule has 0 aliphatic carbocycles. The molecule has 1 N–H and O–H groups in total. The highest BCUT2D eigenvalue weighted by Crippen LogP contribution is 2.32. The highest BCUT2D eigenvalue weighted by molar-refractivity contribution is 5.45. The van der Waals surface area contributed by atoms with E-state index in [1.54, 1.807) is 24.3 Å². The molecule has 1 unspecified atom stereocenters. The van der Waals surface area contributed by atoms with Gasteiger partial charge in [-0.3, -0.25) is 0 Å². The van der Waals surface area contributed by atoms with Crippen LogP contribution in [0.5, 0.6) is 11.5 Å². The molecular formula is C17H13F3O3. The molecule has 0 aliphatic heterocycles. The summed E-state index contributed by atoms with van der Waals surface area (Å²) < 4.78 is 45.4. The molecule has 0 aromatic heterocycles. The summed E-state index contributed by atoms with van der Waals surface area (Å²) in [6.45, 7) is 0. The largest absolute Gasteiger partial charge is 0.573 e. The fraction of sp³-hybridized carbons (Fsp3) is 0.176. The lowest BCUT2D eigenvalue weighted by atomic mass is 10.1. The monoisotopic (exact) mass is 322 g/mol. The fourth-order valence-corrected chi connectivity index (χ4v) is 1.87. The molecule has 0 amide bonds. The van der Waals surface area contributed by atoms with Crippen molar-refractivity contribution in [2.75, 3.05) is 7.11 Å². The highest BCUT2D eigenvalue weighted by Gasteiger charge is 2.31. The standard InChI is InChI=1S/C17H13F3O3/c1-22-16-11-13(23-17(18,19)20)8-9-14(16)15(21)10-7-12-5-3-2-4-6-12/h2-6,8-9,11,15,21H,1H3. The second-order valence-corrected chi connectivity index (χ2v) is 4.49. The Hall–Kier alpha value is -2.65. The smallest absolute Gasteiger partial charge is 0.496 e. The topological polar surface area (TPSA) is 38.7 Å². The molecule has 0 aliphatic rings. The van der Waals surface area contributed by atoms with Crippen molar-refractivity contribution in [3.8, 4) is 23.3 Å². The van der Waals surface area contributed by atoms with E-state index in [1.807, 2.05) is 6.07 Å². The minimum Gasteiger partial charge on any atom is -0.496 e. The second-order valence-electron chi connectivity index (χ2n) is 4.49. The third-order valence-corrected chi connectivity index (χ3v) is 2.86. The fourth-order valence-electron chi connectivity index (χ4n) is 1.87. The molecule has 0 heterocycles. The number of benzene rings is 2. The van der Waals surface area contributed by atoms with Crippen LogP contribution >= 0.6 is 0 Å². The van der Waals surface area contributed by atoms with Crippen molar-refractivity contribution in [3.63, 3.8) is 0 Å². The number of methoxy groups -OCH3 is 1. The molecule has 1 atom stereocenters. The van der Waals surface area contributed by atoms with Crippen LogP contribution < -0.4 is 9.47 Å². The summed E-state index contributed by atoms with van der Waals surface area (Å²) in [5, 5.41) is 10.1. The maximum atomic E-state index is 12.2. The Bertz CT molecular complexity index is 715. The Morgan fingerprint density at radius 2 is 1.78 bits per heavy atom. The van der Waals surface area contributed by atoms with Crippen LogP contribution in [0.25, 0.3) is 0 Å². The average molecular weight is 322 g/mol. The summed E-state index contributed by atoms with van der Waals surface area (Å²) in [5.41, 5.74) is 0.966. The van der Waals surface area contributed by atoms with Gasteiger partial charge in [-0.25, -0.2) is 0 Å². The molecule has 0 spiro atoms. The predicted molar refractivity (Wildman–Crippen MR) is 78.0 cm³/mol. The molecule has 0 fully saturated rings. The van der Waals surface area contributed by atoms with Crippen LogP contribution in [-0.2, 0) is 0 Å². The van der Waals surface area contributed by atoms with Gasteiger partial charge in [-0.15, -0.1) is 13.2 Å². The minimum absolute atomic E-state index is 0.0570. The summed E-state index contributed by atoms with van der Waals surface area (Å²) in [5.74, 6) is 5.03. The third kappa shape index (κ3) is 4.94. The summed E-state index contributed by atoms with van der Waals surface area (Å²) in [6, 6.07) is 12.4. The molecule has 23 heavy (non-hydrogen) atoms. The van der Waals surface area contributed by atoms with Gasteiger partial charge in [-0.05, 0) is 24.3 Å². The van der Waals surface area contributed by atoms with Gasteiger partial charge in [0, 0.05) is 17.2 Å². The first-order valence-corrected chi connectivity index (χ1v) is 6.57. The Kier molecular flexibility index (Phi) is 5.14. The van der Waals surface area contributed by atoms with Crippen LogP contribution in [-0.4, -0.2) is 18.6 Å². The van der Waals surface area contributed by atoms with Crippen molar-refractivity contribution in [2.45, 2.75) is 12.5 Å². The summed E-state index contributed by atoms with van der Waals surface area (Å²) >= 11 is 0. The number of alkyl halides is 3. The first-order valence-electron chi connectivity index (χ1n) is 6.57. The zero-order valence-corrected chi connectivity index (χ0v) is 12.1. The summed E-state index contributed by atoms with van der Waals surface area (Å²) in [7, 11) is 1.29. The van der Waals surface area contributed by atoms with E-state index in [0.29, 0.717) is 5.56 Å². The number of hydrogen-bond acceptors (Lipinski definition) is 3. The van der Waals surface area contributed by atoms with Crippen molar-refractivity contribution in [1.29, 1.82) is 0 Å². The van der Waals surface area contributed by atoms with Crippen molar-refractivity contribution >= 4 is 0 Å². The average Bonchev–Trinajstić information content (AvgIpc) is 2.52. The maximum Gasteiger partial charge on any atom is 0.573 e. The second kappa shape index (κ2) is 7.07. The Balaban J connectivity index is 2.23. The number of aliphatic hydroxyl groups is 1. The SMILES string of the molecule is COc1cc(OC(F)(F)F)ccc1C(O)C#Cc1ccccc1. The number of hydrogen-bond donors (Lipinski definition) is 1. The number of halogens is 3. The first kappa shape index (κ1) is 16.7. The number of rotatable bonds is 3. The first-order chi connectivity index (χ1) is 10.9. The van der Waals surface area contributed by atoms with E-state index in [0.717, 1.165) is 12.1 Å². The van der Waals surface area contributed by atoms with Crippen LogP contribution in [0.1, 0.15) is 17.2 Å². The van der Waals surface area contributed by atoms with Gasteiger partial charge in [0.05, 0.1) is 7.11 Å². The number of aliphatic hydroxyl groups excluding tert-OH is 1. The van der Waals surface area contributed by atoms with Gasteiger partial charge in [-0.2, -0.15) is 0 Å². The molecule has 2 aromatic carbocycles. The predicted octanol–water partition coefficient (Wildman–Crippen LogP) is 3.68. The van der Waals surface area contributed by atoms with Crippen LogP contribution in [0.2, 0.25) is 0 Å². The molecule has 0 bridgehead atoms. The summed E-state index contributed by atoms with van der Waals surface area (Å²) in [6.07, 6.45) is -6.00. The van der Waals surface area contributed by atoms with E-state index in [4.69, 9.17) is 4.74 Å². The molecule has 3 nitrogen and oxygen atoms in total. The van der Waals surface area contributed by atoms with Crippen LogP contribution in [0.15, 0.2) is 48.5 Å². The minimum atomic E-state index is -4.79. The van der Waals surface area contributed by atoms with E-state index < -0.39 is 18.2 Å². The van der Waals surface area contributed by atoms with E-state index in [9.17, 15) is 18.3 Å². The Morgan fingerprint density at radius 1 is 1.09 bits per heavy atom. The third-order valence-electron chi connectivity index (χ3n) is 2.86. The van der Waals surface area contributed by atoms with Gasteiger partial charge in [0.25, 0.3) is 0 Å². The van der Waals surface area contributed by atoms with Crippen LogP contribution in [0, 0.1) is 11.8 Å². The van der Waals surface area contributed by atoms with E-state index in [-0.39, 0.29) is 11.3 Å². The lowest BCUT2D eigenvalue weighted by molar-refractivity contribution is -0.274. The van der Waals surface area contributed by atoms with Gasteiger partial charge < -0.3 is 14.6 Å². The van der Waals surface area contributed by atoms with E-state index in [1.165, 1.54) is 13.2 Å². The molecule has 0 saturated heterocycles. The normalized spacial score (nSPS) is 12.0. The van der Waals surface area contributed by atoms with E-state index >= 15 is 0 Å². The zero-order chi connectivity index (χ0) is 16.9. The van der Waals surface area contributed by atoms with Gasteiger partial charge in [0.15, 0.2) is 0 Å². The van der Waals surface area contributed by atoms with Gasteiger partial charge in [-0.1, -0.05) is 30.0 Å². The van der Waals surface area contributed by atoms with Crippen LogP contribution in [0.4, 0.5) is 13.2 Å². The molecule has 120 valence electrons. The number of ether oxygens (including phenoxy) is 2. The Morgan fingerprint density at radius 3 is 2.39 bits per heavy atom. The van der Waals surface area contributed by atoms with Gasteiger partial charge in [0.1, 0.15) is 17.6 Å². The van der Waals surface area contributed by atoms with Gasteiger partial charge >= 0.3 is 6.36 Å². The molecule has 6 heteroatoms. The van der Waals surface area contributed by atoms with Crippen molar-refractivity contribution in [3.05, 3.63) is 59.7 Å². The Labute approximate surface area is 131 Å². The molecule has 2 rings (SSSR count). The van der Waals surface area contributed by atoms with Gasteiger partial charge in [0.2, 0.25) is 0 Å². The molecule has 2 aromatic rings. The lowest BCUT2D eigenvalue weighted by Crippen LogP contribution is -2.17. The maximum absolute atomic E-state index is 12.2. The van der Waals surface area contributed by atoms with Crippen LogP contribution in [0.3, 0.4) is 0 Å². The molecule has 0 radical (unpaired) electrons.